The summed E-state index contributed by atoms with van der Waals surface area (Å²) < 4.78 is 0. The highest BCUT2D eigenvalue weighted by Crippen LogP contribution is 2.14. The fraction of sp³-hybridized carbons (Fsp3) is 0.125. The maximum absolute atomic E-state index is 11.9. The van der Waals surface area contributed by atoms with Crippen LogP contribution in [0.15, 0.2) is 48.5 Å². The summed E-state index contributed by atoms with van der Waals surface area (Å²) in [6.07, 6.45) is 0.978. The molecule has 0 fully saturated rings. The van der Waals surface area contributed by atoms with Crippen LogP contribution in [-0.4, -0.2) is 16.0 Å². The van der Waals surface area contributed by atoms with Gasteiger partial charge in [0.05, 0.1) is 11.0 Å². The van der Waals surface area contributed by atoms with Crippen LogP contribution in [-0.2, 0) is 6.42 Å². The van der Waals surface area contributed by atoms with Gasteiger partial charge in [-0.3, -0.25) is 5.32 Å². The Morgan fingerprint density at radius 3 is 2.57 bits per heavy atom. The molecule has 106 valence electrons. The van der Waals surface area contributed by atoms with Crippen LogP contribution in [0.4, 0.5) is 16.4 Å². The summed E-state index contributed by atoms with van der Waals surface area (Å²) in [7, 11) is 0. The van der Waals surface area contributed by atoms with Crippen molar-refractivity contribution >= 4 is 28.7 Å². The van der Waals surface area contributed by atoms with Gasteiger partial charge in [0.1, 0.15) is 0 Å². The van der Waals surface area contributed by atoms with Crippen molar-refractivity contribution in [3.05, 3.63) is 54.1 Å². The molecule has 0 unspecified atom stereocenters. The number of carbonyl (C=O) groups is 1. The third-order valence-corrected chi connectivity index (χ3v) is 3.24. The second-order valence-electron chi connectivity index (χ2n) is 4.73. The Kier molecular flexibility index (Phi) is 3.55. The van der Waals surface area contributed by atoms with Crippen LogP contribution in [0.1, 0.15) is 12.5 Å². The number of aryl methyl sites for hydroxylation is 1. The maximum atomic E-state index is 11.9. The third kappa shape index (κ3) is 3.02. The van der Waals surface area contributed by atoms with Gasteiger partial charge in [-0.1, -0.05) is 31.2 Å². The number of fused-ring (bicyclic) bond motifs is 1. The van der Waals surface area contributed by atoms with Gasteiger partial charge >= 0.3 is 6.03 Å². The fourth-order valence-corrected chi connectivity index (χ4v) is 2.11. The minimum absolute atomic E-state index is 0.321. The van der Waals surface area contributed by atoms with Crippen molar-refractivity contribution < 1.29 is 4.79 Å². The number of urea groups is 1. The molecule has 21 heavy (non-hydrogen) atoms. The van der Waals surface area contributed by atoms with Gasteiger partial charge in [-0.15, -0.1) is 0 Å². The Morgan fingerprint density at radius 1 is 1.10 bits per heavy atom. The summed E-state index contributed by atoms with van der Waals surface area (Å²) in [4.78, 5) is 19.3. The van der Waals surface area contributed by atoms with Crippen LogP contribution >= 0.6 is 0 Å². The SMILES string of the molecule is CCc1ccc(NC(=O)Nc2nc3ccccc3[nH]2)cc1. The van der Waals surface area contributed by atoms with E-state index in [0.29, 0.717) is 5.95 Å². The fourth-order valence-electron chi connectivity index (χ4n) is 2.11. The molecule has 0 saturated carbocycles. The van der Waals surface area contributed by atoms with Gasteiger partial charge in [-0.25, -0.2) is 9.78 Å². The zero-order valence-corrected chi connectivity index (χ0v) is 11.7. The number of carbonyl (C=O) groups excluding carboxylic acids is 1. The van der Waals surface area contributed by atoms with Crippen molar-refractivity contribution in [2.45, 2.75) is 13.3 Å². The van der Waals surface area contributed by atoms with E-state index in [9.17, 15) is 4.79 Å². The topological polar surface area (TPSA) is 69.8 Å². The second kappa shape index (κ2) is 5.66. The summed E-state index contributed by atoms with van der Waals surface area (Å²) >= 11 is 0. The number of rotatable bonds is 3. The minimum atomic E-state index is -0.321. The Hall–Kier alpha value is -2.82. The molecule has 3 aromatic rings. The standard InChI is InChI=1S/C16H16N4O/c1-2-11-7-9-12(10-8-11)17-16(21)20-15-18-13-5-3-4-6-14(13)19-15/h3-10H,2H2,1H3,(H3,17,18,19,20,21). The predicted octanol–water partition coefficient (Wildman–Crippen LogP) is 3.77. The van der Waals surface area contributed by atoms with E-state index in [2.05, 4.69) is 27.5 Å². The van der Waals surface area contributed by atoms with Crippen molar-refractivity contribution in [2.24, 2.45) is 0 Å². The molecule has 0 radical (unpaired) electrons. The molecule has 1 aromatic heterocycles. The second-order valence-corrected chi connectivity index (χ2v) is 4.73. The first-order valence-corrected chi connectivity index (χ1v) is 6.86. The molecule has 2 aromatic carbocycles. The molecule has 0 bridgehead atoms. The van der Waals surface area contributed by atoms with Crippen molar-refractivity contribution in [3.63, 3.8) is 0 Å². The number of nitrogens with zero attached hydrogens (tertiary/aromatic N) is 1. The van der Waals surface area contributed by atoms with E-state index in [4.69, 9.17) is 0 Å². The number of aromatic nitrogens is 2. The lowest BCUT2D eigenvalue weighted by Gasteiger charge is -2.06. The van der Waals surface area contributed by atoms with Gasteiger partial charge < -0.3 is 10.3 Å². The summed E-state index contributed by atoms with van der Waals surface area (Å²) in [6.45, 7) is 2.09. The summed E-state index contributed by atoms with van der Waals surface area (Å²) in [5.74, 6) is 0.430. The van der Waals surface area contributed by atoms with E-state index in [1.165, 1.54) is 5.56 Å². The average Bonchev–Trinajstić information content (AvgIpc) is 2.90. The number of anilines is 2. The lowest BCUT2D eigenvalue weighted by Crippen LogP contribution is -2.20. The van der Waals surface area contributed by atoms with Crippen molar-refractivity contribution in [1.82, 2.24) is 9.97 Å². The van der Waals surface area contributed by atoms with Crippen LogP contribution in [0, 0.1) is 0 Å². The molecule has 1 heterocycles. The molecule has 5 heteroatoms. The van der Waals surface area contributed by atoms with Crippen LogP contribution in [0.2, 0.25) is 0 Å². The monoisotopic (exact) mass is 280 g/mol. The zero-order valence-electron chi connectivity index (χ0n) is 11.7. The van der Waals surface area contributed by atoms with Crippen LogP contribution in [0.5, 0.6) is 0 Å². The van der Waals surface area contributed by atoms with Crippen LogP contribution in [0.3, 0.4) is 0 Å². The van der Waals surface area contributed by atoms with Gasteiger partial charge in [0.25, 0.3) is 0 Å². The third-order valence-electron chi connectivity index (χ3n) is 3.24. The molecule has 3 rings (SSSR count). The molecule has 5 nitrogen and oxygen atoms in total. The molecule has 0 aliphatic carbocycles. The molecule has 0 aliphatic rings. The van der Waals surface area contributed by atoms with E-state index in [1.807, 2.05) is 48.5 Å². The Balaban J connectivity index is 1.67. The van der Waals surface area contributed by atoms with Crippen LogP contribution in [0.25, 0.3) is 11.0 Å². The smallest absolute Gasteiger partial charge is 0.324 e. The summed E-state index contributed by atoms with van der Waals surface area (Å²) in [5, 5.41) is 5.47. The Bertz CT molecular complexity index is 728. The van der Waals surface area contributed by atoms with Gasteiger partial charge in [0.2, 0.25) is 5.95 Å². The van der Waals surface area contributed by atoms with E-state index in [1.54, 1.807) is 0 Å². The van der Waals surface area contributed by atoms with Gasteiger partial charge in [-0.05, 0) is 36.2 Å². The molecule has 2 amide bonds. The Labute approximate surface area is 122 Å². The first kappa shape index (κ1) is 13.2. The molecule has 3 N–H and O–H groups in total. The van der Waals surface area contributed by atoms with E-state index >= 15 is 0 Å². The van der Waals surface area contributed by atoms with E-state index < -0.39 is 0 Å². The number of H-pyrrole nitrogens is 1. The van der Waals surface area contributed by atoms with Gasteiger partial charge in [-0.2, -0.15) is 0 Å². The molecule has 0 saturated heterocycles. The highest BCUT2D eigenvalue weighted by molar-refractivity contribution is 5.99. The van der Waals surface area contributed by atoms with Gasteiger partial charge in [0, 0.05) is 5.69 Å². The molecule has 0 aliphatic heterocycles. The molecule has 0 atom stereocenters. The zero-order chi connectivity index (χ0) is 14.7. The number of aromatic amines is 1. The first-order valence-electron chi connectivity index (χ1n) is 6.86. The van der Waals surface area contributed by atoms with Crippen molar-refractivity contribution in [1.29, 1.82) is 0 Å². The summed E-state index contributed by atoms with van der Waals surface area (Å²) in [6, 6.07) is 15.1. The number of amides is 2. The highest BCUT2D eigenvalue weighted by Gasteiger charge is 2.06. The quantitative estimate of drug-likeness (QED) is 0.683. The molecular formula is C16H16N4O. The minimum Gasteiger partial charge on any atom is -0.324 e. The number of hydrogen-bond acceptors (Lipinski definition) is 2. The average molecular weight is 280 g/mol. The largest absolute Gasteiger partial charge is 0.326 e. The lowest BCUT2D eigenvalue weighted by atomic mass is 10.1. The normalized spacial score (nSPS) is 10.5. The van der Waals surface area contributed by atoms with E-state index in [-0.39, 0.29) is 6.03 Å². The van der Waals surface area contributed by atoms with Crippen molar-refractivity contribution in [3.8, 4) is 0 Å². The first-order chi connectivity index (χ1) is 10.2. The molecular weight excluding hydrogens is 264 g/mol. The number of para-hydroxylation sites is 2. The number of nitrogens with one attached hydrogen (secondary N) is 3. The lowest BCUT2D eigenvalue weighted by molar-refractivity contribution is 0.262. The van der Waals surface area contributed by atoms with Crippen LogP contribution < -0.4 is 10.6 Å². The molecule has 0 spiro atoms. The predicted molar refractivity (Wildman–Crippen MR) is 84.6 cm³/mol. The van der Waals surface area contributed by atoms with Gasteiger partial charge in [0.15, 0.2) is 0 Å². The number of hydrogen-bond donors (Lipinski definition) is 3. The number of imidazole rings is 1. The Morgan fingerprint density at radius 2 is 1.86 bits per heavy atom. The number of benzene rings is 2. The highest BCUT2D eigenvalue weighted by atomic mass is 16.2. The van der Waals surface area contributed by atoms with Crippen molar-refractivity contribution in [2.75, 3.05) is 10.6 Å². The van der Waals surface area contributed by atoms with E-state index in [0.717, 1.165) is 23.1 Å². The summed E-state index contributed by atoms with van der Waals surface area (Å²) in [5.41, 5.74) is 3.69. The maximum Gasteiger partial charge on any atom is 0.326 e.